The number of rotatable bonds is 3. The van der Waals surface area contributed by atoms with E-state index in [0.717, 1.165) is 11.3 Å². The zero-order chi connectivity index (χ0) is 14.2. The molecule has 0 bridgehead atoms. The van der Waals surface area contributed by atoms with Crippen LogP contribution in [0.3, 0.4) is 0 Å². The second kappa shape index (κ2) is 4.78. The number of nitrogens with two attached hydrogens (primary N) is 1. The zero-order valence-corrected chi connectivity index (χ0v) is 11.7. The van der Waals surface area contributed by atoms with Gasteiger partial charge in [0.05, 0.1) is 0 Å². The van der Waals surface area contributed by atoms with Crippen molar-refractivity contribution in [3.05, 3.63) is 29.3 Å². The van der Waals surface area contributed by atoms with Crippen LogP contribution >= 0.6 is 0 Å². The Morgan fingerprint density at radius 1 is 1.37 bits per heavy atom. The minimum absolute atomic E-state index is 0.0531. The second-order valence-electron chi connectivity index (χ2n) is 5.71. The fourth-order valence-electron chi connectivity index (χ4n) is 2.28. The lowest BCUT2D eigenvalue weighted by atomic mass is 9.83. The molecule has 1 heterocycles. The molecule has 0 aromatic heterocycles. The lowest BCUT2D eigenvalue weighted by molar-refractivity contribution is -0.118. The van der Waals surface area contributed by atoms with Crippen LogP contribution in [0.15, 0.2) is 18.2 Å². The molecular weight excluding hydrogens is 240 g/mol. The molecular formula is C15H20N2O2. The largest absolute Gasteiger partial charge is 0.329 e. The first kappa shape index (κ1) is 13.7. The van der Waals surface area contributed by atoms with Crippen molar-refractivity contribution in [2.45, 2.75) is 26.7 Å². The molecule has 0 radical (unpaired) electrons. The van der Waals surface area contributed by atoms with Crippen molar-refractivity contribution >= 4 is 17.4 Å². The normalized spacial score (nSPS) is 15.4. The Morgan fingerprint density at radius 3 is 2.68 bits per heavy atom. The molecule has 2 N–H and O–H groups in total. The molecule has 4 heteroatoms. The van der Waals surface area contributed by atoms with Gasteiger partial charge in [-0.3, -0.25) is 9.59 Å². The van der Waals surface area contributed by atoms with Gasteiger partial charge in [-0.15, -0.1) is 0 Å². The van der Waals surface area contributed by atoms with Crippen LogP contribution in [0, 0.1) is 5.41 Å². The Bertz CT molecular complexity index is 535. The number of carbonyl (C=O) groups excluding carboxylic acids is 2. The Balaban J connectivity index is 2.38. The molecule has 0 saturated heterocycles. The number of nitrogens with zero attached hydrogens (tertiary/aromatic N) is 1. The third-order valence-electron chi connectivity index (χ3n) is 3.81. The van der Waals surface area contributed by atoms with Gasteiger partial charge in [0.1, 0.15) is 0 Å². The molecule has 1 aromatic carbocycles. The third-order valence-corrected chi connectivity index (χ3v) is 3.81. The predicted octanol–water partition coefficient (Wildman–Crippen LogP) is 1.76. The molecule has 0 unspecified atom stereocenters. The van der Waals surface area contributed by atoms with Crippen LogP contribution in [0.1, 0.15) is 36.2 Å². The first-order valence-electron chi connectivity index (χ1n) is 6.51. The van der Waals surface area contributed by atoms with Gasteiger partial charge in [-0.05, 0) is 30.2 Å². The summed E-state index contributed by atoms with van der Waals surface area (Å²) in [6, 6.07) is 5.54. The molecule has 0 spiro atoms. The number of carbonyl (C=O) groups is 2. The van der Waals surface area contributed by atoms with Crippen molar-refractivity contribution in [2.24, 2.45) is 11.1 Å². The van der Waals surface area contributed by atoms with Crippen molar-refractivity contribution in [2.75, 3.05) is 18.5 Å². The average molecular weight is 260 g/mol. The number of Topliss-reactive ketones (excluding diaryl/α,β-unsaturated/α-hetero) is 1. The van der Waals surface area contributed by atoms with E-state index in [2.05, 4.69) is 0 Å². The van der Waals surface area contributed by atoms with Gasteiger partial charge in [0.25, 0.3) is 0 Å². The predicted molar refractivity (Wildman–Crippen MR) is 75.3 cm³/mol. The van der Waals surface area contributed by atoms with Gasteiger partial charge in [0, 0.05) is 36.7 Å². The Morgan fingerprint density at radius 2 is 2.05 bits per heavy atom. The van der Waals surface area contributed by atoms with Crippen molar-refractivity contribution in [1.82, 2.24) is 0 Å². The lowest BCUT2D eigenvalue weighted by Gasteiger charge is -2.27. The van der Waals surface area contributed by atoms with Crippen LogP contribution in [0.2, 0.25) is 0 Å². The number of aryl methyl sites for hydroxylation is 1. The van der Waals surface area contributed by atoms with Crippen molar-refractivity contribution in [3.63, 3.8) is 0 Å². The summed E-state index contributed by atoms with van der Waals surface area (Å²) in [6.07, 6.45) is 1.20. The first-order valence-corrected chi connectivity index (χ1v) is 6.51. The Hall–Kier alpha value is -1.68. The average Bonchev–Trinajstić information content (AvgIpc) is 2.41. The van der Waals surface area contributed by atoms with Gasteiger partial charge in [-0.25, -0.2) is 0 Å². The third kappa shape index (κ3) is 2.40. The summed E-state index contributed by atoms with van der Waals surface area (Å²) in [5.74, 6) is 0.172. The maximum atomic E-state index is 12.4. The van der Waals surface area contributed by atoms with Gasteiger partial charge >= 0.3 is 0 Å². The molecule has 1 aliphatic heterocycles. The highest BCUT2D eigenvalue weighted by molar-refractivity contribution is 6.02. The molecule has 0 saturated carbocycles. The summed E-state index contributed by atoms with van der Waals surface area (Å²) in [7, 11) is 1.77. The number of fused-ring (bicyclic) bond motifs is 1. The van der Waals surface area contributed by atoms with Gasteiger partial charge < -0.3 is 10.6 Å². The van der Waals surface area contributed by atoms with Crippen LogP contribution in [-0.4, -0.2) is 25.3 Å². The molecule has 1 amide bonds. The van der Waals surface area contributed by atoms with Crippen LogP contribution in [-0.2, 0) is 11.2 Å². The molecule has 0 aliphatic carbocycles. The SMILES string of the molecule is CN1C(=O)CCc2cc(C(=O)C(C)(C)CN)ccc21. The first-order chi connectivity index (χ1) is 8.86. The molecule has 1 aliphatic rings. The van der Waals surface area contributed by atoms with Crippen molar-refractivity contribution in [3.8, 4) is 0 Å². The monoisotopic (exact) mass is 260 g/mol. The van der Waals surface area contributed by atoms with Crippen LogP contribution in [0.4, 0.5) is 5.69 Å². The summed E-state index contributed by atoms with van der Waals surface area (Å²) in [5, 5.41) is 0. The fourth-order valence-corrected chi connectivity index (χ4v) is 2.28. The quantitative estimate of drug-likeness (QED) is 0.842. The number of hydrogen-bond donors (Lipinski definition) is 1. The topological polar surface area (TPSA) is 63.4 Å². The van der Waals surface area contributed by atoms with E-state index in [1.165, 1.54) is 0 Å². The summed E-state index contributed by atoms with van der Waals surface area (Å²) in [5.41, 5.74) is 7.73. The Kier molecular flexibility index (Phi) is 3.45. The lowest BCUT2D eigenvalue weighted by Crippen LogP contribution is -2.34. The van der Waals surface area contributed by atoms with E-state index in [1.807, 2.05) is 26.0 Å². The maximum absolute atomic E-state index is 12.4. The minimum Gasteiger partial charge on any atom is -0.329 e. The van der Waals surface area contributed by atoms with Gasteiger partial charge in [-0.2, -0.15) is 0 Å². The molecule has 1 aromatic rings. The van der Waals surface area contributed by atoms with Crippen LogP contribution in [0.5, 0.6) is 0 Å². The number of amides is 1. The van der Waals surface area contributed by atoms with Gasteiger partial charge in [-0.1, -0.05) is 13.8 Å². The molecule has 0 fully saturated rings. The van der Waals surface area contributed by atoms with Crippen LogP contribution < -0.4 is 10.6 Å². The Labute approximate surface area is 113 Å². The van der Waals surface area contributed by atoms with E-state index in [-0.39, 0.29) is 11.7 Å². The van der Waals surface area contributed by atoms with E-state index in [9.17, 15) is 9.59 Å². The summed E-state index contributed by atoms with van der Waals surface area (Å²) in [6.45, 7) is 4.02. The van der Waals surface area contributed by atoms with Gasteiger partial charge in [0.15, 0.2) is 5.78 Å². The number of anilines is 1. The molecule has 2 rings (SSSR count). The minimum atomic E-state index is -0.551. The van der Waals surface area contributed by atoms with Gasteiger partial charge in [0.2, 0.25) is 5.91 Å². The zero-order valence-electron chi connectivity index (χ0n) is 11.7. The molecule has 19 heavy (non-hydrogen) atoms. The number of ketones is 1. The van der Waals surface area contributed by atoms with E-state index in [4.69, 9.17) is 5.73 Å². The summed E-state index contributed by atoms with van der Waals surface area (Å²) >= 11 is 0. The number of benzene rings is 1. The van der Waals surface area contributed by atoms with E-state index in [1.54, 1.807) is 18.0 Å². The molecule has 0 atom stereocenters. The van der Waals surface area contributed by atoms with E-state index >= 15 is 0 Å². The highest BCUT2D eigenvalue weighted by Gasteiger charge is 2.28. The van der Waals surface area contributed by atoms with Crippen molar-refractivity contribution < 1.29 is 9.59 Å². The summed E-state index contributed by atoms with van der Waals surface area (Å²) < 4.78 is 0. The maximum Gasteiger partial charge on any atom is 0.227 e. The number of hydrogen-bond acceptors (Lipinski definition) is 3. The van der Waals surface area contributed by atoms with E-state index < -0.39 is 5.41 Å². The smallest absolute Gasteiger partial charge is 0.227 e. The molecule has 4 nitrogen and oxygen atoms in total. The summed E-state index contributed by atoms with van der Waals surface area (Å²) in [4.78, 5) is 25.6. The molecule has 102 valence electrons. The highest BCUT2D eigenvalue weighted by atomic mass is 16.2. The standard InChI is InChI=1S/C15H20N2O2/c1-15(2,9-16)14(19)11-4-6-12-10(8-11)5-7-13(18)17(12)3/h4,6,8H,5,7,9,16H2,1-3H3. The van der Waals surface area contributed by atoms with Crippen molar-refractivity contribution in [1.29, 1.82) is 0 Å². The highest BCUT2D eigenvalue weighted by Crippen LogP contribution is 2.29. The van der Waals surface area contributed by atoms with E-state index in [0.29, 0.717) is 24.9 Å². The van der Waals surface area contributed by atoms with Crippen LogP contribution in [0.25, 0.3) is 0 Å². The fraction of sp³-hybridized carbons (Fsp3) is 0.467. The second-order valence-corrected chi connectivity index (χ2v) is 5.71.